The van der Waals surface area contributed by atoms with Gasteiger partial charge in [-0.1, -0.05) is 56.2 Å². The molecule has 0 bridgehead atoms. The quantitative estimate of drug-likeness (QED) is 0.398. The summed E-state index contributed by atoms with van der Waals surface area (Å²) in [6.45, 7) is 2.99. The van der Waals surface area contributed by atoms with Gasteiger partial charge in [0, 0.05) is 24.0 Å². The Kier molecular flexibility index (Phi) is 7.08. The second-order valence-corrected chi connectivity index (χ2v) is 10.0. The molecule has 0 atom stereocenters. The number of nitrogens with one attached hydrogen (secondary N) is 1. The molecule has 1 N–H and O–H groups in total. The fourth-order valence-corrected chi connectivity index (χ4v) is 5.82. The lowest BCUT2D eigenvalue weighted by Crippen LogP contribution is -2.33. The second kappa shape index (κ2) is 10.6. The molecule has 3 aromatic carbocycles. The first-order chi connectivity index (χ1) is 17.1. The van der Waals surface area contributed by atoms with Gasteiger partial charge >= 0.3 is 6.03 Å². The Balaban J connectivity index is 1.25. The topological polar surface area (TPSA) is 41.6 Å². The number of urea groups is 1. The van der Waals surface area contributed by atoms with Crippen molar-refractivity contribution in [1.82, 2.24) is 0 Å². The number of anilines is 2. The Hall–Kier alpha value is -3.27. The van der Waals surface area contributed by atoms with Gasteiger partial charge in [-0.15, -0.1) is 0 Å². The normalized spacial score (nSPS) is 19.3. The summed E-state index contributed by atoms with van der Waals surface area (Å²) in [5, 5.41) is 3.00. The van der Waals surface area contributed by atoms with Gasteiger partial charge in [-0.25, -0.2) is 4.79 Å². The molecule has 0 radical (unpaired) electrons. The molecular formula is C31H36N2O2. The van der Waals surface area contributed by atoms with E-state index in [1.165, 1.54) is 60.8 Å². The van der Waals surface area contributed by atoms with Crippen molar-refractivity contribution < 1.29 is 9.53 Å². The van der Waals surface area contributed by atoms with Crippen LogP contribution in [0, 0.1) is 5.92 Å². The third-order valence-electron chi connectivity index (χ3n) is 7.80. The summed E-state index contributed by atoms with van der Waals surface area (Å²) in [6, 6.07) is 23.0. The molecule has 0 spiro atoms. The predicted octanol–water partition coefficient (Wildman–Crippen LogP) is 8.03. The molecule has 1 heterocycles. The van der Waals surface area contributed by atoms with Crippen LogP contribution in [-0.2, 0) is 6.42 Å². The summed E-state index contributed by atoms with van der Waals surface area (Å²) < 4.78 is 5.26. The van der Waals surface area contributed by atoms with E-state index in [9.17, 15) is 4.79 Å². The van der Waals surface area contributed by atoms with Crippen LogP contribution in [0.5, 0.6) is 5.75 Å². The zero-order valence-electron chi connectivity index (χ0n) is 20.9. The molecule has 0 aromatic heterocycles. The number of benzene rings is 3. The van der Waals surface area contributed by atoms with E-state index in [4.69, 9.17) is 4.74 Å². The van der Waals surface area contributed by atoms with Crippen molar-refractivity contribution in [3.63, 3.8) is 0 Å². The van der Waals surface area contributed by atoms with Crippen molar-refractivity contribution in [2.45, 2.75) is 57.8 Å². The third-order valence-corrected chi connectivity index (χ3v) is 7.80. The van der Waals surface area contributed by atoms with Gasteiger partial charge in [0.15, 0.2) is 0 Å². The Morgan fingerprint density at radius 1 is 0.971 bits per heavy atom. The van der Waals surface area contributed by atoms with Crippen molar-refractivity contribution in [2.24, 2.45) is 5.92 Å². The lowest BCUT2D eigenvalue weighted by Gasteiger charge is -2.28. The van der Waals surface area contributed by atoms with Gasteiger partial charge in [0.05, 0.1) is 7.11 Å². The number of nitrogens with zero attached hydrogens (tertiary/aromatic N) is 1. The maximum Gasteiger partial charge on any atom is 0.326 e. The number of methoxy groups -OCH3 is 1. The van der Waals surface area contributed by atoms with Crippen molar-refractivity contribution in [1.29, 1.82) is 0 Å². The summed E-state index contributed by atoms with van der Waals surface area (Å²) in [5.74, 6) is 2.39. The van der Waals surface area contributed by atoms with Gasteiger partial charge in [0.1, 0.15) is 5.75 Å². The number of carbonyl (C=O) groups is 1. The van der Waals surface area contributed by atoms with Crippen molar-refractivity contribution >= 4 is 17.4 Å². The highest BCUT2D eigenvalue weighted by atomic mass is 16.5. The maximum atomic E-state index is 13.0. The average molecular weight is 469 g/mol. The van der Waals surface area contributed by atoms with Gasteiger partial charge in [-0.05, 0) is 90.5 Å². The van der Waals surface area contributed by atoms with E-state index in [2.05, 4.69) is 54.7 Å². The molecule has 3 aromatic rings. The predicted molar refractivity (Wildman–Crippen MR) is 145 cm³/mol. The van der Waals surface area contributed by atoms with Crippen LogP contribution in [-0.4, -0.2) is 19.7 Å². The van der Waals surface area contributed by atoms with Crippen LogP contribution >= 0.6 is 0 Å². The summed E-state index contributed by atoms with van der Waals surface area (Å²) in [6.07, 6.45) is 9.00. The molecule has 4 heteroatoms. The highest BCUT2D eigenvalue weighted by Gasteiger charge is 2.25. The van der Waals surface area contributed by atoms with Crippen LogP contribution in [0.2, 0.25) is 0 Å². The number of hydrogen-bond acceptors (Lipinski definition) is 2. The van der Waals surface area contributed by atoms with E-state index in [1.807, 2.05) is 29.2 Å². The van der Waals surface area contributed by atoms with Crippen molar-refractivity contribution in [3.05, 3.63) is 77.9 Å². The SMILES string of the molecule is CCCC1CCC(c2ccc(-c3ccc4c(c3)CCN4C(=O)Nc3cccc(OC)c3)cc2)CC1. The van der Waals surface area contributed by atoms with Crippen LogP contribution in [0.3, 0.4) is 0 Å². The van der Waals surface area contributed by atoms with Crippen LogP contribution in [0.15, 0.2) is 66.7 Å². The summed E-state index contributed by atoms with van der Waals surface area (Å²) in [5.41, 5.74) is 6.91. The summed E-state index contributed by atoms with van der Waals surface area (Å²) in [7, 11) is 1.63. The summed E-state index contributed by atoms with van der Waals surface area (Å²) >= 11 is 0. The largest absolute Gasteiger partial charge is 0.497 e. The van der Waals surface area contributed by atoms with Crippen LogP contribution in [0.4, 0.5) is 16.2 Å². The molecule has 2 aliphatic rings. The number of rotatable bonds is 6. The minimum atomic E-state index is -0.109. The number of ether oxygens (including phenoxy) is 1. The molecule has 35 heavy (non-hydrogen) atoms. The monoisotopic (exact) mass is 468 g/mol. The highest BCUT2D eigenvalue weighted by Crippen LogP contribution is 2.38. The van der Waals surface area contributed by atoms with Crippen LogP contribution < -0.4 is 15.0 Å². The zero-order chi connectivity index (χ0) is 24.2. The Morgan fingerprint density at radius 3 is 2.49 bits per heavy atom. The molecule has 0 saturated heterocycles. The van der Waals surface area contributed by atoms with Gasteiger partial charge in [-0.3, -0.25) is 4.90 Å². The second-order valence-electron chi connectivity index (χ2n) is 10.0. The van der Waals surface area contributed by atoms with E-state index < -0.39 is 0 Å². The minimum absolute atomic E-state index is 0.109. The molecule has 2 amide bonds. The maximum absolute atomic E-state index is 13.0. The highest BCUT2D eigenvalue weighted by molar-refractivity contribution is 6.03. The minimum Gasteiger partial charge on any atom is -0.497 e. The molecule has 182 valence electrons. The van der Waals surface area contributed by atoms with Gasteiger partial charge in [-0.2, -0.15) is 0 Å². The number of fused-ring (bicyclic) bond motifs is 1. The Labute approximate surface area is 209 Å². The van der Waals surface area contributed by atoms with Gasteiger partial charge in [0.25, 0.3) is 0 Å². The first-order valence-corrected chi connectivity index (χ1v) is 13.1. The van der Waals surface area contributed by atoms with E-state index in [-0.39, 0.29) is 6.03 Å². The standard InChI is InChI=1S/C31H36N2O2/c1-3-5-22-8-10-23(11-9-22)24-12-14-25(15-13-24)26-16-17-30-27(20-26)18-19-33(30)31(34)32-28-6-4-7-29(21-28)35-2/h4,6-7,12-17,20-23H,3,5,8-11,18-19H2,1-2H3,(H,32,34). The molecule has 1 saturated carbocycles. The lowest BCUT2D eigenvalue weighted by molar-refractivity contribution is 0.257. The Morgan fingerprint density at radius 2 is 1.74 bits per heavy atom. The summed E-state index contributed by atoms with van der Waals surface area (Å²) in [4.78, 5) is 14.8. The van der Waals surface area contributed by atoms with Crippen molar-refractivity contribution in [3.8, 4) is 16.9 Å². The van der Waals surface area contributed by atoms with E-state index in [1.54, 1.807) is 7.11 Å². The smallest absolute Gasteiger partial charge is 0.326 e. The van der Waals surface area contributed by atoms with Crippen LogP contribution in [0.1, 0.15) is 62.5 Å². The van der Waals surface area contributed by atoms with E-state index in [0.717, 1.165) is 29.5 Å². The first kappa shape index (κ1) is 23.5. The van der Waals surface area contributed by atoms with Gasteiger partial charge in [0.2, 0.25) is 0 Å². The fraction of sp³-hybridized carbons (Fsp3) is 0.387. The average Bonchev–Trinajstić information content (AvgIpc) is 3.33. The first-order valence-electron chi connectivity index (χ1n) is 13.1. The van der Waals surface area contributed by atoms with Crippen LogP contribution in [0.25, 0.3) is 11.1 Å². The van der Waals surface area contributed by atoms with Gasteiger partial charge < -0.3 is 10.1 Å². The molecule has 1 aliphatic carbocycles. The zero-order valence-corrected chi connectivity index (χ0v) is 20.9. The number of hydrogen-bond donors (Lipinski definition) is 1. The molecule has 0 unspecified atom stereocenters. The molecule has 5 rings (SSSR count). The lowest BCUT2D eigenvalue weighted by atomic mass is 9.77. The fourth-order valence-electron chi connectivity index (χ4n) is 5.82. The number of amides is 2. The van der Waals surface area contributed by atoms with Crippen molar-refractivity contribution in [2.75, 3.05) is 23.9 Å². The molecule has 4 nitrogen and oxygen atoms in total. The Bertz CT molecular complexity index is 1160. The molecular weight excluding hydrogens is 432 g/mol. The van der Waals surface area contributed by atoms with E-state index in [0.29, 0.717) is 12.5 Å². The third kappa shape index (κ3) is 5.22. The molecule has 1 aliphatic heterocycles. The van der Waals surface area contributed by atoms with E-state index >= 15 is 0 Å². The molecule has 1 fully saturated rings. The number of carbonyl (C=O) groups excluding carboxylic acids is 1.